The molecule has 1 aromatic carbocycles. The van der Waals surface area contributed by atoms with Crippen LogP contribution in [0.4, 0.5) is 4.79 Å². The summed E-state index contributed by atoms with van der Waals surface area (Å²) in [6.07, 6.45) is -2.36. The van der Waals surface area contributed by atoms with Gasteiger partial charge in [0, 0.05) is 13.8 Å². The molecule has 6 heteroatoms. The van der Waals surface area contributed by atoms with E-state index in [1.54, 1.807) is 26.0 Å². The average molecular weight is 266 g/mol. The Balaban J connectivity index is 1.81. The molecule has 0 spiro atoms. The maximum Gasteiger partial charge on any atom is 0.511 e. The third-order valence-corrected chi connectivity index (χ3v) is 2.33. The molecule has 19 heavy (non-hydrogen) atoms. The summed E-state index contributed by atoms with van der Waals surface area (Å²) in [6, 6.07) is 9.10. The fourth-order valence-corrected chi connectivity index (χ4v) is 1.53. The Hall–Kier alpha value is -2.08. The van der Waals surface area contributed by atoms with Crippen molar-refractivity contribution >= 4 is 12.1 Å². The van der Waals surface area contributed by atoms with E-state index in [2.05, 4.69) is 0 Å². The van der Waals surface area contributed by atoms with Gasteiger partial charge >= 0.3 is 18.4 Å². The molecule has 0 aliphatic carbocycles. The lowest BCUT2D eigenvalue weighted by atomic mass is 10.2. The molecule has 0 bridgehead atoms. The van der Waals surface area contributed by atoms with E-state index in [4.69, 9.17) is 18.9 Å². The van der Waals surface area contributed by atoms with Gasteiger partial charge in [-0.15, -0.1) is 0 Å². The van der Waals surface area contributed by atoms with Gasteiger partial charge in [0.05, 0.1) is 0 Å². The first kappa shape index (κ1) is 13.4. The molecule has 1 fully saturated rings. The van der Waals surface area contributed by atoms with Crippen molar-refractivity contribution in [3.8, 4) is 0 Å². The Labute approximate surface area is 110 Å². The summed E-state index contributed by atoms with van der Waals surface area (Å²) in [7, 11) is 0. The highest BCUT2D eigenvalue weighted by Crippen LogP contribution is 2.24. The van der Waals surface area contributed by atoms with Crippen molar-refractivity contribution in [3.63, 3.8) is 0 Å². The summed E-state index contributed by atoms with van der Waals surface area (Å²) in [5.74, 6) is -1.84. The van der Waals surface area contributed by atoms with E-state index in [1.807, 2.05) is 18.2 Å². The largest absolute Gasteiger partial charge is 0.511 e. The van der Waals surface area contributed by atoms with Crippen molar-refractivity contribution in [3.05, 3.63) is 35.9 Å². The lowest BCUT2D eigenvalue weighted by molar-refractivity contribution is -0.179. The number of esters is 1. The molecule has 0 amide bonds. The maximum atomic E-state index is 11.4. The summed E-state index contributed by atoms with van der Waals surface area (Å²) in [5.41, 5.74) is 0.815. The number of carbonyl (C=O) groups is 2. The lowest BCUT2D eigenvalue weighted by Gasteiger charge is -2.14. The number of hydrogen-bond donors (Lipinski definition) is 0. The minimum absolute atomic E-state index is 0.0604. The van der Waals surface area contributed by atoms with Crippen LogP contribution < -0.4 is 0 Å². The fourth-order valence-electron chi connectivity index (χ4n) is 1.53. The third-order valence-electron chi connectivity index (χ3n) is 2.33. The zero-order valence-electron chi connectivity index (χ0n) is 10.6. The predicted octanol–water partition coefficient (Wildman–Crippen LogP) is 1.98. The molecule has 1 saturated heterocycles. The lowest BCUT2D eigenvalue weighted by Crippen LogP contribution is -2.26. The topological polar surface area (TPSA) is 71.1 Å². The van der Waals surface area contributed by atoms with Crippen LogP contribution in [0.15, 0.2) is 30.3 Å². The Morgan fingerprint density at radius 1 is 1.32 bits per heavy atom. The summed E-state index contributed by atoms with van der Waals surface area (Å²) >= 11 is 0. The quantitative estimate of drug-likeness (QED) is 0.779. The van der Waals surface area contributed by atoms with Crippen LogP contribution in [0.3, 0.4) is 0 Å². The molecule has 102 valence electrons. The zero-order valence-corrected chi connectivity index (χ0v) is 10.6. The molecule has 2 rings (SSSR count). The van der Waals surface area contributed by atoms with E-state index in [1.165, 1.54) is 0 Å². The fraction of sp³-hybridized carbons (Fsp3) is 0.385. The van der Waals surface area contributed by atoms with Crippen LogP contribution in [-0.4, -0.2) is 24.2 Å². The summed E-state index contributed by atoms with van der Waals surface area (Å²) < 4.78 is 19.5. The van der Waals surface area contributed by atoms with E-state index < -0.39 is 24.2 Å². The smallest absolute Gasteiger partial charge is 0.429 e. The van der Waals surface area contributed by atoms with Gasteiger partial charge in [-0.1, -0.05) is 30.3 Å². The first-order chi connectivity index (χ1) is 8.96. The molecule has 0 unspecified atom stereocenters. The highest BCUT2D eigenvalue weighted by Gasteiger charge is 2.44. The van der Waals surface area contributed by atoms with Crippen molar-refractivity contribution in [2.75, 3.05) is 0 Å². The molecule has 0 N–H and O–H groups in total. The second-order valence-corrected chi connectivity index (χ2v) is 4.41. The summed E-state index contributed by atoms with van der Waals surface area (Å²) in [6.45, 7) is 3.15. The van der Waals surface area contributed by atoms with Gasteiger partial charge in [-0.25, -0.2) is 9.59 Å². The highest BCUT2D eigenvalue weighted by atomic mass is 16.9. The SMILES string of the molecule is CC1(C)OC(=O)[C@H](OC(=O)OCc2ccccc2)O1. The Morgan fingerprint density at radius 3 is 2.58 bits per heavy atom. The Kier molecular flexibility index (Phi) is 3.71. The highest BCUT2D eigenvalue weighted by molar-refractivity contribution is 5.77. The minimum atomic E-state index is -1.38. The number of carbonyl (C=O) groups excluding carboxylic acids is 2. The van der Waals surface area contributed by atoms with Gasteiger partial charge in [0.1, 0.15) is 6.61 Å². The number of cyclic esters (lactones) is 1. The predicted molar refractivity (Wildman–Crippen MR) is 62.8 cm³/mol. The molecular weight excluding hydrogens is 252 g/mol. The van der Waals surface area contributed by atoms with Crippen LogP contribution in [0.1, 0.15) is 19.4 Å². The molecule has 1 atom stereocenters. The van der Waals surface area contributed by atoms with Crippen LogP contribution in [0.2, 0.25) is 0 Å². The van der Waals surface area contributed by atoms with E-state index in [-0.39, 0.29) is 6.61 Å². The van der Waals surface area contributed by atoms with Gasteiger partial charge in [0.25, 0.3) is 0 Å². The molecule has 1 aromatic rings. The van der Waals surface area contributed by atoms with Crippen LogP contribution in [-0.2, 0) is 30.3 Å². The van der Waals surface area contributed by atoms with Crippen LogP contribution in [0, 0.1) is 0 Å². The molecular formula is C13H14O6. The van der Waals surface area contributed by atoms with Crippen molar-refractivity contribution in [1.82, 2.24) is 0 Å². The summed E-state index contributed by atoms with van der Waals surface area (Å²) in [5, 5.41) is 0. The molecule has 1 aliphatic heterocycles. The molecule has 6 nitrogen and oxygen atoms in total. The Morgan fingerprint density at radius 2 is 2.00 bits per heavy atom. The van der Waals surface area contributed by atoms with Gasteiger partial charge in [-0.05, 0) is 5.56 Å². The number of rotatable bonds is 3. The molecule has 1 aliphatic rings. The van der Waals surface area contributed by atoms with E-state index in [0.29, 0.717) is 0 Å². The van der Waals surface area contributed by atoms with Gasteiger partial charge in [0.2, 0.25) is 5.79 Å². The normalized spacial score (nSPS) is 20.7. The van der Waals surface area contributed by atoms with E-state index in [0.717, 1.165) is 5.56 Å². The number of ether oxygens (including phenoxy) is 4. The zero-order chi connectivity index (χ0) is 13.9. The first-order valence-corrected chi connectivity index (χ1v) is 5.74. The summed E-state index contributed by atoms with van der Waals surface area (Å²) in [4.78, 5) is 22.7. The van der Waals surface area contributed by atoms with Crippen LogP contribution >= 0.6 is 0 Å². The van der Waals surface area contributed by atoms with Crippen molar-refractivity contribution < 1.29 is 28.5 Å². The first-order valence-electron chi connectivity index (χ1n) is 5.74. The average Bonchev–Trinajstić information content (AvgIpc) is 2.61. The molecule has 0 saturated carbocycles. The van der Waals surface area contributed by atoms with E-state index >= 15 is 0 Å². The third kappa shape index (κ3) is 3.69. The van der Waals surface area contributed by atoms with E-state index in [9.17, 15) is 9.59 Å². The van der Waals surface area contributed by atoms with Gasteiger partial charge in [0.15, 0.2) is 0 Å². The minimum Gasteiger partial charge on any atom is -0.429 e. The van der Waals surface area contributed by atoms with Crippen LogP contribution in [0.5, 0.6) is 0 Å². The van der Waals surface area contributed by atoms with Crippen molar-refractivity contribution in [1.29, 1.82) is 0 Å². The Bertz CT molecular complexity index is 467. The van der Waals surface area contributed by atoms with Gasteiger partial charge < -0.3 is 14.2 Å². The second kappa shape index (κ2) is 5.27. The molecule has 0 radical (unpaired) electrons. The standard InChI is InChI=1S/C13H14O6/c1-13(2)18-10(14)11(19-13)17-12(15)16-8-9-6-4-3-5-7-9/h3-7,11H,8H2,1-2H3/t11-/m1/s1. The van der Waals surface area contributed by atoms with Gasteiger partial charge in [-0.2, -0.15) is 0 Å². The van der Waals surface area contributed by atoms with Crippen LogP contribution in [0.25, 0.3) is 0 Å². The second-order valence-electron chi connectivity index (χ2n) is 4.41. The number of benzene rings is 1. The maximum absolute atomic E-state index is 11.4. The monoisotopic (exact) mass is 266 g/mol. The van der Waals surface area contributed by atoms with Crippen molar-refractivity contribution in [2.45, 2.75) is 32.5 Å². The molecule has 0 aromatic heterocycles. The molecule has 1 heterocycles. The van der Waals surface area contributed by atoms with Gasteiger partial charge in [-0.3, -0.25) is 4.74 Å². The van der Waals surface area contributed by atoms with Crippen molar-refractivity contribution in [2.24, 2.45) is 0 Å². The number of hydrogen-bond acceptors (Lipinski definition) is 6.